The van der Waals surface area contributed by atoms with Gasteiger partial charge >= 0.3 is 5.97 Å². The van der Waals surface area contributed by atoms with E-state index >= 15 is 0 Å². The highest BCUT2D eigenvalue weighted by Gasteiger charge is 2.80. The van der Waals surface area contributed by atoms with E-state index in [1.807, 2.05) is 52.8 Å². The first-order valence-corrected chi connectivity index (χ1v) is 13.3. The third kappa shape index (κ3) is 3.83. The first-order chi connectivity index (χ1) is 17.5. The molecule has 0 radical (unpaired) electrons. The number of benzene rings is 1. The van der Waals surface area contributed by atoms with Crippen molar-refractivity contribution >= 4 is 23.5 Å². The highest BCUT2D eigenvalue weighted by atomic mass is 16.6. The van der Waals surface area contributed by atoms with Crippen LogP contribution in [0.5, 0.6) is 0 Å². The Kier molecular flexibility index (Phi) is 7.29. The standard InChI is InChI=1S/C29H40N2O6/c1-8-14-30(23-17(4)12-11-13-18(23)5)26(34)24-29-15-19(6)28(7,37-29)22(27(35)36-10-3)21(29)25(33)31(24)20(9-2)16-32/h8,11-13,19-22,24,32H,1,9-10,14-16H2,2-7H3/t19?,20-,21-,22-,24?,28+,29?/m0/s1. The number of carbonyl (C=O) groups is 3. The van der Waals surface area contributed by atoms with Crippen LogP contribution in [0.25, 0.3) is 0 Å². The lowest BCUT2D eigenvalue weighted by Crippen LogP contribution is -2.59. The molecule has 3 fully saturated rings. The number of aryl methyl sites for hydroxylation is 2. The smallest absolute Gasteiger partial charge is 0.312 e. The second-order valence-electron chi connectivity index (χ2n) is 10.9. The number of ether oxygens (including phenoxy) is 2. The van der Waals surface area contributed by atoms with Crippen molar-refractivity contribution in [1.29, 1.82) is 0 Å². The van der Waals surface area contributed by atoms with Crippen LogP contribution < -0.4 is 4.90 Å². The number of carbonyl (C=O) groups excluding carboxylic acids is 3. The zero-order valence-corrected chi connectivity index (χ0v) is 22.8. The Hall–Kier alpha value is -2.71. The third-order valence-corrected chi connectivity index (χ3v) is 8.89. The Bertz CT molecular complexity index is 1080. The Morgan fingerprint density at radius 2 is 1.97 bits per heavy atom. The maximum atomic E-state index is 14.7. The Balaban J connectivity index is 1.91. The van der Waals surface area contributed by atoms with Crippen molar-refractivity contribution in [2.45, 2.75) is 77.7 Å². The summed E-state index contributed by atoms with van der Waals surface area (Å²) in [6, 6.07) is 4.26. The van der Waals surface area contributed by atoms with E-state index in [1.165, 1.54) is 4.90 Å². The zero-order chi connectivity index (χ0) is 27.3. The molecule has 3 aliphatic heterocycles. The molecule has 1 aromatic rings. The second-order valence-corrected chi connectivity index (χ2v) is 10.9. The number of aliphatic hydroxyl groups excluding tert-OH is 1. The number of para-hydroxylation sites is 1. The van der Waals surface area contributed by atoms with Gasteiger partial charge < -0.3 is 24.4 Å². The fraction of sp³-hybridized carbons (Fsp3) is 0.621. The van der Waals surface area contributed by atoms with E-state index in [-0.39, 0.29) is 37.5 Å². The number of fused-ring (bicyclic) bond motifs is 1. The van der Waals surface area contributed by atoms with Gasteiger partial charge in [0.2, 0.25) is 5.91 Å². The van der Waals surface area contributed by atoms with Crippen LogP contribution in [0.15, 0.2) is 30.9 Å². The number of esters is 1. The van der Waals surface area contributed by atoms with Gasteiger partial charge in [-0.15, -0.1) is 6.58 Å². The largest absolute Gasteiger partial charge is 0.466 e. The number of aliphatic hydroxyl groups is 1. The molecule has 1 N–H and O–H groups in total. The number of hydrogen-bond donors (Lipinski definition) is 1. The predicted octanol–water partition coefficient (Wildman–Crippen LogP) is 3.17. The molecular weight excluding hydrogens is 472 g/mol. The Labute approximate surface area is 219 Å². The molecule has 0 aromatic heterocycles. The number of amides is 2. The van der Waals surface area contributed by atoms with Crippen LogP contribution in [0.1, 0.15) is 51.7 Å². The van der Waals surface area contributed by atoms with Gasteiger partial charge in [-0.2, -0.15) is 0 Å². The van der Waals surface area contributed by atoms with Crippen LogP contribution in [-0.4, -0.2) is 70.8 Å². The molecule has 1 spiro atoms. The van der Waals surface area contributed by atoms with Gasteiger partial charge in [-0.3, -0.25) is 14.4 Å². The van der Waals surface area contributed by atoms with Gasteiger partial charge in [0.1, 0.15) is 17.6 Å². The van der Waals surface area contributed by atoms with Gasteiger partial charge in [0.15, 0.2) is 0 Å². The summed E-state index contributed by atoms with van der Waals surface area (Å²) in [4.78, 5) is 45.3. The third-order valence-electron chi connectivity index (χ3n) is 8.89. The Morgan fingerprint density at radius 3 is 2.51 bits per heavy atom. The average Bonchev–Trinajstić information content (AvgIpc) is 3.36. The lowest BCUT2D eigenvalue weighted by Gasteiger charge is -2.40. The molecule has 3 unspecified atom stereocenters. The van der Waals surface area contributed by atoms with Gasteiger partial charge in [-0.1, -0.05) is 38.1 Å². The fourth-order valence-corrected chi connectivity index (χ4v) is 7.15. The summed E-state index contributed by atoms with van der Waals surface area (Å²) in [5.41, 5.74) is 0.495. The highest BCUT2D eigenvalue weighted by molar-refractivity contribution is 6.05. The fourth-order valence-electron chi connectivity index (χ4n) is 7.15. The van der Waals surface area contributed by atoms with Crippen LogP contribution in [0.2, 0.25) is 0 Å². The molecule has 2 bridgehead atoms. The zero-order valence-electron chi connectivity index (χ0n) is 22.8. The summed E-state index contributed by atoms with van der Waals surface area (Å²) in [5.74, 6) is -2.85. The molecule has 0 aliphatic carbocycles. The predicted molar refractivity (Wildman–Crippen MR) is 140 cm³/mol. The lowest BCUT2D eigenvalue weighted by molar-refractivity contribution is -0.162. The van der Waals surface area contributed by atoms with E-state index in [0.717, 1.165) is 16.8 Å². The van der Waals surface area contributed by atoms with Gasteiger partial charge in [0.05, 0.1) is 30.8 Å². The van der Waals surface area contributed by atoms with Crippen molar-refractivity contribution in [2.75, 3.05) is 24.7 Å². The lowest BCUT2D eigenvalue weighted by atomic mass is 9.62. The molecule has 37 heavy (non-hydrogen) atoms. The second kappa shape index (κ2) is 9.87. The van der Waals surface area contributed by atoms with Crippen LogP contribution in [-0.2, 0) is 23.9 Å². The van der Waals surface area contributed by atoms with Crippen molar-refractivity contribution in [1.82, 2.24) is 4.90 Å². The van der Waals surface area contributed by atoms with E-state index in [0.29, 0.717) is 12.8 Å². The van der Waals surface area contributed by atoms with Crippen LogP contribution in [0.3, 0.4) is 0 Å². The minimum atomic E-state index is -1.20. The van der Waals surface area contributed by atoms with Crippen molar-refractivity contribution in [2.24, 2.45) is 17.8 Å². The summed E-state index contributed by atoms with van der Waals surface area (Å²) in [7, 11) is 0. The van der Waals surface area contributed by atoms with Crippen molar-refractivity contribution in [3.63, 3.8) is 0 Å². The van der Waals surface area contributed by atoms with Gasteiger partial charge in [-0.25, -0.2) is 0 Å². The summed E-state index contributed by atoms with van der Waals surface area (Å²) in [5, 5.41) is 10.3. The average molecular weight is 513 g/mol. The van der Waals surface area contributed by atoms with Crippen LogP contribution >= 0.6 is 0 Å². The summed E-state index contributed by atoms with van der Waals surface area (Å²) in [6.45, 7) is 15.4. The first-order valence-electron chi connectivity index (χ1n) is 13.3. The van der Waals surface area contributed by atoms with Crippen molar-refractivity contribution in [3.8, 4) is 0 Å². The molecule has 202 valence electrons. The SMILES string of the molecule is C=CCN(C(=O)C1N([C@@H](CC)CO)C(=O)[C@@H]2[C@@H](C(=O)OCC)[C@]3(C)OC12CC3C)c1c(C)cccc1C. The molecule has 2 amide bonds. The van der Waals surface area contributed by atoms with Crippen LogP contribution in [0.4, 0.5) is 5.69 Å². The quantitative estimate of drug-likeness (QED) is 0.403. The van der Waals surface area contributed by atoms with E-state index in [9.17, 15) is 19.5 Å². The van der Waals surface area contributed by atoms with E-state index in [4.69, 9.17) is 9.47 Å². The molecule has 3 saturated heterocycles. The molecule has 0 saturated carbocycles. The van der Waals surface area contributed by atoms with Crippen molar-refractivity contribution < 1.29 is 29.0 Å². The van der Waals surface area contributed by atoms with Crippen molar-refractivity contribution in [3.05, 3.63) is 42.0 Å². The van der Waals surface area contributed by atoms with Gasteiger partial charge in [0, 0.05) is 12.2 Å². The highest BCUT2D eigenvalue weighted by Crippen LogP contribution is 2.65. The summed E-state index contributed by atoms with van der Waals surface area (Å²) >= 11 is 0. The molecular formula is C29H40N2O6. The number of hydrogen-bond acceptors (Lipinski definition) is 6. The maximum absolute atomic E-state index is 14.7. The van der Waals surface area contributed by atoms with E-state index < -0.39 is 41.1 Å². The monoisotopic (exact) mass is 512 g/mol. The molecule has 4 rings (SSSR count). The molecule has 8 heteroatoms. The van der Waals surface area contributed by atoms with Gasteiger partial charge in [-0.05, 0) is 57.6 Å². The normalized spacial score (nSPS) is 32.8. The number of anilines is 1. The topological polar surface area (TPSA) is 96.4 Å². The number of rotatable bonds is 9. The molecule has 3 heterocycles. The van der Waals surface area contributed by atoms with Gasteiger partial charge in [0.25, 0.3) is 5.91 Å². The molecule has 1 aromatic carbocycles. The summed E-state index contributed by atoms with van der Waals surface area (Å²) < 4.78 is 12.2. The Morgan fingerprint density at radius 1 is 1.32 bits per heavy atom. The number of likely N-dealkylation sites (tertiary alicyclic amines) is 1. The molecule has 7 atom stereocenters. The molecule has 3 aliphatic rings. The summed E-state index contributed by atoms with van der Waals surface area (Å²) in [6.07, 6.45) is 2.58. The first kappa shape index (κ1) is 27.3. The van der Waals surface area contributed by atoms with Crippen LogP contribution in [0, 0.1) is 31.6 Å². The minimum Gasteiger partial charge on any atom is -0.466 e. The van der Waals surface area contributed by atoms with E-state index in [2.05, 4.69) is 6.58 Å². The number of nitrogens with zero attached hydrogens (tertiary/aromatic N) is 2. The molecule has 8 nitrogen and oxygen atoms in total. The maximum Gasteiger partial charge on any atom is 0.312 e. The minimum absolute atomic E-state index is 0.0801. The van der Waals surface area contributed by atoms with E-state index in [1.54, 1.807) is 17.9 Å².